The molecule has 1 saturated heterocycles. The fraction of sp³-hybridized carbons (Fsp3) is 0.611. The monoisotopic (exact) mass is 318 g/mol. The van der Waals surface area contributed by atoms with Crippen molar-refractivity contribution in [2.24, 2.45) is 5.92 Å². The lowest BCUT2D eigenvalue weighted by atomic mass is 10.0. The molecular weight excluding hydrogens is 292 g/mol. The zero-order valence-electron chi connectivity index (χ0n) is 13.4. The molecular formula is C18H26N2OS. The van der Waals surface area contributed by atoms with Gasteiger partial charge in [-0.3, -0.25) is 4.79 Å². The van der Waals surface area contributed by atoms with E-state index in [0.29, 0.717) is 11.8 Å². The molecule has 0 atom stereocenters. The quantitative estimate of drug-likeness (QED) is 0.818. The number of carbonyl (C=O) groups is 1. The summed E-state index contributed by atoms with van der Waals surface area (Å²) in [5, 5.41) is 3.66. The summed E-state index contributed by atoms with van der Waals surface area (Å²) in [5.74, 6) is 1.78. The minimum absolute atomic E-state index is 0.284. The van der Waals surface area contributed by atoms with Crippen molar-refractivity contribution in [3.63, 3.8) is 0 Å². The Hall–Kier alpha value is -1.00. The van der Waals surface area contributed by atoms with E-state index in [1.165, 1.54) is 29.8 Å². The molecule has 0 aromatic heterocycles. The second-order valence-corrected chi connectivity index (χ2v) is 7.66. The Bertz CT molecular complexity index is 490. The van der Waals surface area contributed by atoms with Crippen molar-refractivity contribution in [3.05, 3.63) is 29.8 Å². The number of aryl methyl sites for hydroxylation is 1. The Morgan fingerprint density at radius 1 is 1.18 bits per heavy atom. The lowest BCUT2D eigenvalue weighted by Gasteiger charge is -2.32. The van der Waals surface area contributed by atoms with E-state index in [-0.39, 0.29) is 5.91 Å². The molecule has 0 radical (unpaired) electrons. The number of amides is 1. The van der Waals surface area contributed by atoms with Gasteiger partial charge in [-0.1, -0.05) is 17.7 Å². The number of nitrogens with one attached hydrogen (secondary N) is 1. The van der Waals surface area contributed by atoms with Crippen LogP contribution in [0.5, 0.6) is 0 Å². The molecule has 0 bridgehead atoms. The summed E-state index contributed by atoms with van der Waals surface area (Å²) in [5.41, 5.74) is 1.26. The van der Waals surface area contributed by atoms with Gasteiger partial charge >= 0.3 is 0 Å². The van der Waals surface area contributed by atoms with Crippen LogP contribution in [0.2, 0.25) is 0 Å². The Morgan fingerprint density at radius 3 is 2.50 bits per heavy atom. The molecule has 3 nitrogen and oxygen atoms in total. The van der Waals surface area contributed by atoms with Crippen LogP contribution in [-0.2, 0) is 4.79 Å². The van der Waals surface area contributed by atoms with Crippen LogP contribution in [0.15, 0.2) is 29.2 Å². The summed E-state index contributed by atoms with van der Waals surface area (Å²) >= 11 is 1.65. The molecule has 2 fully saturated rings. The summed E-state index contributed by atoms with van der Waals surface area (Å²) < 4.78 is 0. The van der Waals surface area contributed by atoms with Crippen molar-refractivity contribution in [1.82, 2.24) is 10.2 Å². The van der Waals surface area contributed by atoms with E-state index in [9.17, 15) is 4.79 Å². The third-order valence-corrected chi connectivity index (χ3v) is 5.62. The summed E-state index contributed by atoms with van der Waals surface area (Å²) in [4.78, 5) is 15.5. The highest BCUT2D eigenvalue weighted by Crippen LogP contribution is 2.28. The van der Waals surface area contributed by atoms with Crippen molar-refractivity contribution >= 4 is 17.7 Å². The van der Waals surface area contributed by atoms with Gasteiger partial charge in [0.1, 0.15) is 0 Å². The van der Waals surface area contributed by atoms with Gasteiger partial charge in [0.15, 0.2) is 0 Å². The zero-order chi connectivity index (χ0) is 15.4. The number of hydrogen-bond acceptors (Lipinski definition) is 3. The van der Waals surface area contributed by atoms with Crippen molar-refractivity contribution in [2.75, 3.05) is 25.4 Å². The van der Waals surface area contributed by atoms with E-state index in [1.54, 1.807) is 11.8 Å². The van der Waals surface area contributed by atoms with E-state index in [1.807, 2.05) is 4.90 Å². The minimum atomic E-state index is 0.284. The van der Waals surface area contributed by atoms with Gasteiger partial charge in [0, 0.05) is 24.0 Å². The lowest BCUT2D eigenvalue weighted by Crippen LogP contribution is -2.45. The molecule has 1 aliphatic carbocycles. The Balaban J connectivity index is 1.36. The maximum absolute atomic E-state index is 12.3. The molecule has 1 saturated carbocycles. The van der Waals surface area contributed by atoms with Crippen LogP contribution in [0, 0.1) is 12.8 Å². The third kappa shape index (κ3) is 4.75. The van der Waals surface area contributed by atoms with Gasteiger partial charge in [0.05, 0.1) is 5.75 Å². The topological polar surface area (TPSA) is 32.3 Å². The molecule has 2 aliphatic rings. The number of hydrogen-bond donors (Lipinski definition) is 1. The summed E-state index contributed by atoms with van der Waals surface area (Å²) in [6, 6.07) is 9.02. The second kappa shape index (κ2) is 7.51. The van der Waals surface area contributed by atoms with Gasteiger partial charge in [0.25, 0.3) is 0 Å². The normalized spacial score (nSPS) is 19.4. The average molecular weight is 318 g/mol. The number of benzene rings is 1. The molecule has 1 aliphatic heterocycles. The number of carbonyl (C=O) groups excluding carboxylic acids is 1. The van der Waals surface area contributed by atoms with Gasteiger partial charge in [-0.15, -0.1) is 11.8 Å². The van der Waals surface area contributed by atoms with Crippen molar-refractivity contribution in [1.29, 1.82) is 0 Å². The molecule has 3 rings (SSSR count). The largest absolute Gasteiger partial charge is 0.342 e. The molecule has 1 aromatic rings. The first-order valence-electron chi connectivity index (χ1n) is 8.41. The maximum Gasteiger partial charge on any atom is 0.232 e. The Labute approximate surface area is 137 Å². The lowest BCUT2D eigenvalue weighted by molar-refractivity contribution is -0.129. The highest BCUT2D eigenvalue weighted by molar-refractivity contribution is 8.00. The van der Waals surface area contributed by atoms with Crippen LogP contribution < -0.4 is 5.32 Å². The van der Waals surface area contributed by atoms with Crippen LogP contribution in [0.25, 0.3) is 0 Å². The van der Waals surface area contributed by atoms with Crippen LogP contribution in [0.1, 0.15) is 31.2 Å². The maximum atomic E-state index is 12.3. The van der Waals surface area contributed by atoms with Crippen LogP contribution in [0.3, 0.4) is 0 Å². The van der Waals surface area contributed by atoms with E-state index in [2.05, 4.69) is 36.5 Å². The van der Waals surface area contributed by atoms with Crippen molar-refractivity contribution in [2.45, 2.75) is 43.5 Å². The number of rotatable bonds is 6. The number of nitrogens with zero attached hydrogens (tertiary/aromatic N) is 1. The van der Waals surface area contributed by atoms with Gasteiger partial charge in [-0.2, -0.15) is 0 Å². The molecule has 1 aromatic carbocycles. The fourth-order valence-electron chi connectivity index (χ4n) is 2.86. The molecule has 22 heavy (non-hydrogen) atoms. The van der Waals surface area contributed by atoms with Gasteiger partial charge in [0.2, 0.25) is 5.91 Å². The van der Waals surface area contributed by atoms with Gasteiger partial charge < -0.3 is 10.2 Å². The highest BCUT2D eigenvalue weighted by atomic mass is 32.2. The van der Waals surface area contributed by atoms with Gasteiger partial charge in [-0.25, -0.2) is 0 Å². The van der Waals surface area contributed by atoms with Crippen LogP contribution in [-0.4, -0.2) is 42.2 Å². The molecule has 1 heterocycles. The van der Waals surface area contributed by atoms with E-state index in [0.717, 1.165) is 31.8 Å². The molecule has 1 amide bonds. The number of piperidine rings is 1. The standard InChI is InChI=1S/C18H26N2OS/c1-14-2-6-17(7-3-14)22-13-18(21)20-10-8-16(9-11-20)19-12-15-4-5-15/h2-3,6-7,15-16,19H,4-5,8-13H2,1H3. The highest BCUT2D eigenvalue weighted by Gasteiger charge is 2.25. The fourth-order valence-corrected chi connectivity index (χ4v) is 3.66. The first-order valence-corrected chi connectivity index (χ1v) is 9.40. The van der Waals surface area contributed by atoms with Crippen molar-refractivity contribution < 1.29 is 4.79 Å². The predicted molar refractivity (Wildman–Crippen MR) is 92.2 cm³/mol. The Morgan fingerprint density at radius 2 is 1.86 bits per heavy atom. The molecule has 0 unspecified atom stereocenters. The SMILES string of the molecule is Cc1ccc(SCC(=O)N2CCC(NCC3CC3)CC2)cc1. The summed E-state index contributed by atoms with van der Waals surface area (Å²) in [7, 11) is 0. The number of thioether (sulfide) groups is 1. The molecule has 0 spiro atoms. The number of likely N-dealkylation sites (tertiary alicyclic amines) is 1. The third-order valence-electron chi connectivity index (χ3n) is 4.62. The summed E-state index contributed by atoms with van der Waals surface area (Å²) in [6.07, 6.45) is 5.02. The van der Waals surface area contributed by atoms with Gasteiger partial charge in [-0.05, 0) is 57.2 Å². The van der Waals surface area contributed by atoms with E-state index in [4.69, 9.17) is 0 Å². The van der Waals surface area contributed by atoms with E-state index >= 15 is 0 Å². The molecule has 4 heteroatoms. The first-order chi connectivity index (χ1) is 10.7. The zero-order valence-corrected chi connectivity index (χ0v) is 14.2. The first kappa shape index (κ1) is 15.9. The molecule has 1 N–H and O–H groups in total. The summed E-state index contributed by atoms with van der Waals surface area (Å²) in [6.45, 7) is 5.09. The second-order valence-electron chi connectivity index (χ2n) is 6.61. The Kier molecular flexibility index (Phi) is 5.42. The van der Waals surface area contributed by atoms with Crippen molar-refractivity contribution in [3.8, 4) is 0 Å². The van der Waals surface area contributed by atoms with Crippen LogP contribution in [0.4, 0.5) is 0 Å². The predicted octanol–water partition coefficient (Wildman–Crippen LogP) is 3.08. The average Bonchev–Trinajstić information content (AvgIpc) is 3.37. The molecule has 120 valence electrons. The van der Waals surface area contributed by atoms with E-state index < -0.39 is 0 Å². The van der Waals surface area contributed by atoms with Crippen LogP contribution >= 0.6 is 11.8 Å². The minimum Gasteiger partial charge on any atom is -0.342 e. The smallest absolute Gasteiger partial charge is 0.232 e.